The normalized spacial score (nSPS) is 14.0. The zero-order valence-electron chi connectivity index (χ0n) is 16.1. The number of hydrogen-bond donors (Lipinski definition) is 1. The van der Waals surface area contributed by atoms with Crippen LogP contribution in [0, 0.1) is 10.1 Å². The molecule has 0 radical (unpaired) electrons. The first kappa shape index (κ1) is 23.3. The second-order valence-electron chi connectivity index (χ2n) is 6.66. The van der Waals surface area contributed by atoms with E-state index in [1.54, 1.807) is 30.3 Å². The predicted molar refractivity (Wildman–Crippen MR) is 128 cm³/mol. The molecule has 2 aromatic rings. The minimum absolute atomic E-state index is 0.0516. The van der Waals surface area contributed by atoms with Crippen molar-refractivity contribution in [1.82, 2.24) is 10.2 Å². The number of nitrogens with one attached hydrogen (secondary N) is 1. The lowest BCUT2D eigenvalue weighted by molar-refractivity contribution is -0.384. The van der Waals surface area contributed by atoms with E-state index in [4.69, 9.17) is 47.0 Å². The van der Waals surface area contributed by atoms with E-state index in [1.165, 1.54) is 18.2 Å². The van der Waals surface area contributed by atoms with Crippen LogP contribution in [0.3, 0.4) is 0 Å². The lowest BCUT2D eigenvalue weighted by Gasteiger charge is -2.37. The molecule has 1 aliphatic rings. The number of benzene rings is 2. The Balaban J connectivity index is 1.53. The van der Waals surface area contributed by atoms with Gasteiger partial charge in [0.25, 0.3) is 5.69 Å². The Morgan fingerprint density at radius 3 is 2.39 bits per heavy atom. The zero-order chi connectivity index (χ0) is 22.5. The van der Waals surface area contributed by atoms with Gasteiger partial charge in [0, 0.05) is 54.4 Å². The standard InChI is InChI=1S/C20H17Cl3N4O3S/c21-14-3-1-13(16(22)11-14)2-6-19(28)24-20(31)26-9-7-25(8-10-26)18-5-4-15(27(29)30)12-17(18)23/h1-6,11-12H,7-10H2,(H,24,28,31)/b6-2+. The van der Waals surface area contributed by atoms with Gasteiger partial charge in [0.05, 0.1) is 15.6 Å². The van der Waals surface area contributed by atoms with Gasteiger partial charge in [-0.05, 0) is 42.1 Å². The Labute approximate surface area is 199 Å². The molecule has 0 aromatic heterocycles. The summed E-state index contributed by atoms with van der Waals surface area (Å²) in [5.41, 5.74) is 1.34. The number of halogens is 3. The Morgan fingerprint density at radius 2 is 1.77 bits per heavy atom. The fourth-order valence-corrected chi connectivity index (χ4v) is 4.09. The maximum Gasteiger partial charge on any atom is 0.271 e. The van der Waals surface area contributed by atoms with Crippen molar-refractivity contribution in [3.63, 3.8) is 0 Å². The number of nitro groups is 1. The number of nitro benzene ring substituents is 1. The van der Waals surface area contributed by atoms with Crippen molar-refractivity contribution in [1.29, 1.82) is 0 Å². The van der Waals surface area contributed by atoms with Gasteiger partial charge in [0.2, 0.25) is 5.91 Å². The molecule has 0 unspecified atom stereocenters. The van der Waals surface area contributed by atoms with Crippen molar-refractivity contribution in [2.75, 3.05) is 31.1 Å². The van der Waals surface area contributed by atoms with E-state index >= 15 is 0 Å². The van der Waals surface area contributed by atoms with Crippen LogP contribution in [0.15, 0.2) is 42.5 Å². The summed E-state index contributed by atoms with van der Waals surface area (Å²) in [6.07, 6.45) is 2.94. The molecule has 11 heteroatoms. The van der Waals surface area contributed by atoms with Crippen LogP contribution < -0.4 is 10.2 Å². The van der Waals surface area contributed by atoms with Crippen LogP contribution in [-0.4, -0.2) is 47.0 Å². The fourth-order valence-electron chi connectivity index (χ4n) is 3.04. The Bertz CT molecular complexity index is 1060. The first-order valence-electron chi connectivity index (χ1n) is 9.16. The molecular weight excluding hydrogens is 483 g/mol. The molecule has 1 fully saturated rings. The Hall–Kier alpha value is -2.39. The second kappa shape index (κ2) is 10.3. The van der Waals surface area contributed by atoms with Gasteiger partial charge in [0.15, 0.2) is 5.11 Å². The summed E-state index contributed by atoms with van der Waals surface area (Å²) < 4.78 is 0. The number of piperazine rings is 1. The fraction of sp³-hybridized carbons (Fsp3) is 0.200. The highest BCUT2D eigenvalue weighted by Crippen LogP contribution is 2.30. The SMILES string of the molecule is O=C(/C=C/c1ccc(Cl)cc1Cl)NC(=S)N1CCN(c2ccc([N+](=O)[O-])cc2Cl)CC1. The van der Waals surface area contributed by atoms with Gasteiger partial charge in [-0.1, -0.05) is 40.9 Å². The summed E-state index contributed by atoms with van der Waals surface area (Å²) in [7, 11) is 0. The monoisotopic (exact) mass is 498 g/mol. The van der Waals surface area contributed by atoms with Crippen LogP contribution >= 0.6 is 47.0 Å². The van der Waals surface area contributed by atoms with Crippen molar-refractivity contribution in [2.45, 2.75) is 0 Å². The predicted octanol–water partition coefficient (Wildman–Crippen LogP) is 4.79. The van der Waals surface area contributed by atoms with Crippen LogP contribution in [0.5, 0.6) is 0 Å². The highest BCUT2D eigenvalue weighted by molar-refractivity contribution is 7.80. The molecule has 31 heavy (non-hydrogen) atoms. The smallest absolute Gasteiger partial charge is 0.271 e. The number of hydrogen-bond acceptors (Lipinski definition) is 5. The third kappa shape index (κ3) is 6.07. The molecule has 0 bridgehead atoms. The van der Waals surface area contributed by atoms with Gasteiger partial charge in [-0.25, -0.2) is 0 Å². The molecule has 1 heterocycles. The number of anilines is 1. The molecular formula is C20H17Cl3N4O3S. The summed E-state index contributed by atoms with van der Waals surface area (Å²) in [5.74, 6) is -0.364. The van der Waals surface area contributed by atoms with Crippen molar-refractivity contribution in [2.24, 2.45) is 0 Å². The number of nitrogens with zero attached hydrogens (tertiary/aromatic N) is 3. The number of carbonyl (C=O) groups is 1. The van der Waals surface area contributed by atoms with Crippen LogP contribution in [-0.2, 0) is 4.79 Å². The molecule has 162 valence electrons. The van der Waals surface area contributed by atoms with Crippen LogP contribution in [0.2, 0.25) is 15.1 Å². The van der Waals surface area contributed by atoms with E-state index in [0.29, 0.717) is 51.9 Å². The zero-order valence-corrected chi connectivity index (χ0v) is 19.1. The maximum absolute atomic E-state index is 12.2. The van der Waals surface area contributed by atoms with Gasteiger partial charge in [-0.15, -0.1) is 0 Å². The molecule has 0 aliphatic carbocycles. The summed E-state index contributed by atoms with van der Waals surface area (Å²) >= 11 is 23.5. The highest BCUT2D eigenvalue weighted by atomic mass is 35.5. The molecule has 7 nitrogen and oxygen atoms in total. The first-order chi connectivity index (χ1) is 14.7. The number of non-ortho nitro benzene ring substituents is 1. The molecule has 1 N–H and O–H groups in total. The van der Waals surface area contributed by atoms with E-state index in [2.05, 4.69) is 5.32 Å². The van der Waals surface area contributed by atoms with Crippen LogP contribution in [0.25, 0.3) is 6.08 Å². The molecule has 0 saturated carbocycles. The van der Waals surface area contributed by atoms with E-state index in [0.717, 1.165) is 5.69 Å². The van der Waals surface area contributed by atoms with E-state index in [9.17, 15) is 14.9 Å². The van der Waals surface area contributed by atoms with Gasteiger partial charge >= 0.3 is 0 Å². The lowest BCUT2D eigenvalue weighted by atomic mass is 10.2. The summed E-state index contributed by atoms with van der Waals surface area (Å²) in [5, 5.41) is 15.2. The number of rotatable bonds is 4. The van der Waals surface area contributed by atoms with Gasteiger partial charge < -0.3 is 9.80 Å². The number of amides is 1. The largest absolute Gasteiger partial charge is 0.367 e. The Morgan fingerprint density at radius 1 is 1.06 bits per heavy atom. The second-order valence-corrected chi connectivity index (χ2v) is 8.30. The highest BCUT2D eigenvalue weighted by Gasteiger charge is 2.22. The summed E-state index contributed by atoms with van der Waals surface area (Å²) in [4.78, 5) is 26.5. The Kier molecular flexibility index (Phi) is 7.72. The quantitative estimate of drug-likeness (QED) is 0.282. The van der Waals surface area contributed by atoms with Crippen molar-refractivity contribution >= 4 is 75.5 Å². The minimum atomic E-state index is -0.482. The van der Waals surface area contributed by atoms with Crippen LogP contribution in [0.1, 0.15) is 5.56 Å². The van der Waals surface area contributed by atoms with Crippen molar-refractivity contribution in [3.8, 4) is 0 Å². The topological polar surface area (TPSA) is 78.7 Å². The van der Waals surface area contributed by atoms with Crippen LogP contribution in [0.4, 0.5) is 11.4 Å². The van der Waals surface area contributed by atoms with Gasteiger partial charge in [0.1, 0.15) is 0 Å². The minimum Gasteiger partial charge on any atom is -0.367 e. The lowest BCUT2D eigenvalue weighted by Crippen LogP contribution is -2.52. The van der Waals surface area contributed by atoms with Gasteiger partial charge in [-0.3, -0.25) is 20.2 Å². The number of thiocarbonyl (C=S) groups is 1. The van der Waals surface area contributed by atoms with E-state index in [1.807, 2.05) is 9.80 Å². The molecule has 3 rings (SSSR count). The average molecular weight is 500 g/mol. The molecule has 0 atom stereocenters. The average Bonchev–Trinajstić information content (AvgIpc) is 2.73. The number of carbonyl (C=O) groups excluding carboxylic acids is 1. The molecule has 0 spiro atoms. The third-order valence-corrected chi connectivity index (χ3v) is 5.88. The van der Waals surface area contributed by atoms with Gasteiger partial charge in [-0.2, -0.15) is 0 Å². The summed E-state index contributed by atoms with van der Waals surface area (Å²) in [6.45, 7) is 2.34. The maximum atomic E-state index is 12.2. The molecule has 2 aromatic carbocycles. The molecule has 1 amide bonds. The molecule has 1 aliphatic heterocycles. The van der Waals surface area contributed by atoms with E-state index in [-0.39, 0.29) is 11.6 Å². The third-order valence-electron chi connectivity index (χ3n) is 4.66. The van der Waals surface area contributed by atoms with Crippen molar-refractivity contribution in [3.05, 3.63) is 73.2 Å². The van der Waals surface area contributed by atoms with E-state index < -0.39 is 4.92 Å². The van der Waals surface area contributed by atoms with Crippen molar-refractivity contribution < 1.29 is 9.72 Å². The first-order valence-corrected chi connectivity index (χ1v) is 10.7. The molecule has 1 saturated heterocycles. The summed E-state index contributed by atoms with van der Waals surface area (Å²) in [6, 6.07) is 9.41.